The smallest absolute Gasteiger partial charge is 0.251 e. The highest BCUT2D eigenvalue weighted by molar-refractivity contribution is 7.89. The third-order valence-corrected chi connectivity index (χ3v) is 6.60. The van der Waals surface area contributed by atoms with Crippen molar-refractivity contribution in [2.75, 3.05) is 13.1 Å². The van der Waals surface area contributed by atoms with Crippen molar-refractivity contribution in [2.24, 2.45) is 5.92 Å². The van der Waals surface area contributed by atoms with Crippen LogP contribution >= 0.6 is 0 Å². The summed E-state index contributed by atoms with van der Waals surface area (Å²) in [6.07, 6.45) is 4.20. The zero-order chi connectivity index (χ0) is 21.8. The molecule has 0 spiro atoms. The van der Waals surface area contributed by atoms with Crippen LogP contribution < -0.4 is 10.0 Å². The Morgan fingerprint density at radius 1 is 1.16 bits per heavy atom. The summed E-state index contributed by atoms with van der Waals surface area (Å²) >= 11 is 0. The van der Waals surface area contributed by atoms with Gasteiger partial charge < -0.3 is 9.73 Å². The predicted molar refractivity (Wildman–Crippen MR) is 117 cm³/mol. The number of oxazole rings is 1. The van der Waals surface area contributed by atoms with Crippen molar-refractivity contribution in [2.45, 2.75) is 31.1 Å². The molecule has 1 aliphatic rings. The van der Waals surface area contributed by atoms with Crippen LogP contribution in [0.25, 0.3) is 11.5 Å². The van der Waals surface area contributed by atoms with Gasteiger partial charge in [0.25, 0.3) is 5.91 Å². The lowest BCUT2D eigenvalue weighted by molar-refractivity contribution is 0.0954. The average Bonchev–Trinajstić information content (AvgIpc) is 3.49. The first-order chi connectivity index (χ1) is 14.9. The van der Waals surface area contributed by atoms with E-state index in [2.05, 4.69) is 15.0 Å². The fourth-order valence-corrected chi connectivity index (χ4v) is 4.26. The molecular formula is C23H25N3O4S. The maximum absolute atomic E-state index is 12.5. The lowest BCUT2D eigenvalue weighted by Crippen LogP contribution is -2.28. The van der Waals surface area contributed by atoms with Crippen LogP contribution in [-0.2, 0) is 16.4 Å². The molecular weight excluding hydrogens is 414 g/mol. The number of hydrogen-bond acceptors (Lipinski definition) is 5. The van der Waals surface area contributed by atoms with Gasteiger partial charge in [0, 0.05) is 30.6 Å². The van der Waals surface area contributed by atoms with Gasteiger partial charge in [0.2, 0.25) is 15.9 Å². The van der Waals surface area contributed by atoms with E-state index in [1.807, 2.05) is 31.2 Å². The number of amides is 1. The average molecular weight is 440 g/mol. The summed E-state index contributed by atoms with van der Waals surface area (Å²) in [7, 11) is -3.61. The fraction of sp³-hybridized carbons (Fsp3) is 0.304. The standard InChI is InChI=1S/C23H25N3O4S/c1-16-5-9-18(10-6-16)23-26-20(15-30-23)11-12-24-22(27)19-3-2-4-21(13-19)31(28,29)25-14-17-7-8-17/h2-6,9-10,13,15,17,25H,7-8,11-12,14H2,1H3,(H,24,27). The van der Waals surface area contributed by atoms with E-state index in [0.29, 0.717) is 36.9 Å². The van der Waals surface area contributed by atoms with Gasteiger partial charge in [0.15, 0.2) is 0 Å². The van der Waals surface area contributed by atoms with Gasteiger partial charge in [-0.1, -0.05) is 23.8 Å². The highest BCUT2D eigenvalue weighted by Crippen LogP contribution is 2.28. The maximum Gasteiger partial charge on any atom is 0.251 e. The number of sulfonamides is 1. The lowest BCUT2D eigenvalue weighted by Gasteiger charge is -2.08. The SMILES string of the molecule is Cc1ccc(-c2nc(CCNC(=O)c3cccc(S(=O)(=O)NCC4CC4)c3)co2)cc1. The molecule has 0 radical (unpaired) electrons. The number of nitrogens with zero attached hydrogens (tertiary/aromatic N) is 1. The van der Waals surface area contributed by atoms with E-state index in [9.17, 15) is 13.2 Å². The molecule has 31 heavy (non-hydrogen) atoms. The molecule has 0 aliphatic heterocycles. The topological polar surface area (TPSA) is 101 Å². The molecule has 1 amide bonds. The van der Waals surface area contributed by atoms with E-state index in [1.165, 1.54) is 12.1 Å². The number of rotatable bonds is 9. The van der Waals surface area contributed by atoms with Gasteiger partial charge in [-0.2, -0.15) is 0 Å². The molecule has 0 unspecified atom stereocenters. The Bertz CT molecular complexity index is 1170. The number of benzene rings is 2. The van der Waals surface area contributed by atoms with Gasteiger partial charge in [-0.25, -0.2) is 18.1 Å². The Kier molecular flexibility index (Phi) is 6.20. The molecule has 2 N–H and O–H groups in total. The summed E-state index contributed by atoms with van der Waals surface area (Å²) in [6, 6.07) is 14.0. The minimum absolute atomic E-state index is 0.0973. The van der Waals surface area contributed by atoms with E-state index in [4.69, 9.17) is 4.42 Å². The molecule has 162 valence electrons. The van der Waals surface area contributed by atoms with Crippen molar-refractivity contribution in [3.05, 3.63) is 71.6 Å². The highest BCUT2D eigenvalue weighted by Gasteiger charge is 2.24. The molecule has 1 saturated carbocycles. The molecule has 8 heteroatoms. The van der Waals surface area contributed by atoms with E-state index in [0.717, 1.165) is 29.7 Å². The van der Waals surface area contributed by atoms with E-state index in [-0.39, 0.29) is 10.8 Å². The summed E-state index contributed by atoms with van der Waals surface area (Å²) in [4.78, 5) is 17.0. The fourth-order valence-electron chi connectivity index (χ4n) is 3.09. The van der Waals surface area contributed by atoms with Crippen LogP contribution in [0.4, 0.5) is 0 Å². The zero-order valence-corrected chi connectivity index (χ0v) is 18.1. The Morgan fingerprint density at radius 2 is 1.94 bits per heavy atom. The second-order valence-electron chi connectivity index (χ2n) is 7.84. The monoisotopic (exact) mass is 439 g/mol. The first-order valence-electron chi connectivity index (χ1n) is 10.3. The number of aromatic nitrogens is 1. The first kappa shape index (κ1) is 21.3. The van der Waals surface area contributed by atoms with Crippen molar-refractivity contribution in [3.63, 3.8) is 0 Å². The normalized spacial score (nSPS) is 13.8. The van der Waals surface area contributed by atoms with Gasteiger partial charge in [-0.05, 0) is 56.0 Å². The van der Waals surface area contributed by atoms with E-state index < -0.39 is 10.0 Å². The molecule has 1 fully saturated rings. The van der Waals surface area contributed by atoms with Gasteiger partial charge in [0.1, 0.15) is 6.26 Å². The maximum atomic E-state index is 12.5. The van der Waals surface area contributed by atoms with Gasteiger partial charge in [0.05, 0.1) is 10.6 Å². The lowest BCUT2D eigenvalue weighted by atomic mass is 10.1. The molecule has 3 aromatic rings. The van der Waals surface area contributed by atoms with Crippen LogP contribution in [0.3, 0.4) is 0 Å². The molecule has 1 aromatic heterocycles. The first-order valence-corrected chi connectivity index (χ1v) is 11.8. The molecule has 1 aliphatic carbocycles. The number of aryl methyl sites for hydroxylation is 1. The Morgan fingerprint density at radius 3 is 2.68 bits per heavy atom. The molecule has 4 rings (SSSR count). The number of carbonyl (C=O) groups excluding carboxylic acids is 1. The van der Waals surface area contributed by atoms with Gasteiger partial charge >= 0.3 is 0 Å². The van der Waals surface area contributed by atoms with Crippen LogP contribution in [0.15, 0.2) is 64.1 Å². The summed E-state index contributed by atoms with van der Waals surface area (Å²) < 4.78 is 33.0. The minimum atomic E-state index is -3.61. The predicted octanol–water partition coefficient (Wildman–Crippen LogP) is 3.31. The van der Waals surface area contributed by atoms with Crippen LogP contribution in [0.5, 0.6) is 0 Å². The quantitative estimate of drug-likeness (QED) is 0.533. The zero-order valence-electron chi connectivity index (χ0n) is 17.3. The van der Waals surface area contributed by atoms with Gasteiger partial charge in [-0.3, -0.25) is 4.79 Å². The molecule has 0 saturated heterocycles. The Balaban J connectivity index is 1.32. The van der Waals surface area contributed by atoms with Crippen LogP contribution in [-0.4, -0.2) is 32.4 Å². The second kappa shape index (κ2) is 9.03. The second-order valence-corrected chi connectivity index (χ2v) is 9.61. The molecule has 0 atom stereocenters. The van der Waals surface area contributed by atoms with Crippen molar-refractivity contribution >= 4 is 15.9 Å². The number of hydrogen-bond donors (Lipinski definition) is 2. The Labute approximate surface area is 181 Å². The van der Waals surface area contributed by atoms with E-state index in [1.54, 1.807) is 18.4 Å². The number of carbonyl (C=O) groups is 1. The van der Waals surface area contributed by atoms with Crippen molar-refractivity contribution in [3.8, 4) is 11.5 Å². The van der Waals surface area contributed by atoms with Gasteiger partial charge in [-0.15, -0.1) is 0 Å². The summed E-state index contributed by atoms with van der Waals surface area (Å²) in [6.45, 7) is 2.82. The highest BCUT2D eigenvalue weighted by atomic mass is 32.2. The van der Waals surface area contributed by atoms with Crippen LogP contribution in [0.2, 0.25) is 0 Å². The number of nitrogens with one attached hydrogen (secondary N) is 2. The van der Waals surface area contributed by atoms with Crippen LogP contribution in [0.1, 0.15) is 34.5 Å². The summed E-state index contributed by atoms with van der Waals surface area (Å²) in [5.74, 6) is 0.642. The van der Waals surface area contributed by atoms with Crippen molar-refractivity contribution in [1.82, 2.24) is 15.0 Å². The summed E-state index contributed by atoms with van der Waals surface area (Å²) in [5.41, 5.74) is 3.09. The summed E-state index contributed by atoms with van der Waals surface area (Å²) in [5, 5.41) is 2.81. The van der Waals surface area contributed by atoms with E-state index >= 15 is 0 Å². The minimum Gasteiger partial charge on any atom is -0.444 e. The molecule has 7 nitrogen and oxygen atoms in total. The van der Waals surface area contributed by atoms with Crippen LogP contribution in [0, 0.1) is 12.8 Å². The van der Waals surface area contributed by atoms with Crippen molar-refractivity contribution < 1.29 is 17.6 Å². The molecule has 1 heterocycles. The molecule has 2 aromatic carbocycles. The Hall–Kier alpha value is -2.97. The third-order valence-electron chi connectivity index (χ3n) is 5.18. The third kappa shape index (κ3) is 5.59. The molecule has 0 bridgehead atoms. The van der Waals surface area contributed by atoms with Crippen molar-refractivity contribution in [1.29, 1.82) is 0 Å². The largest absolute Gasteiger partial charge is 0.444 e.